The Hall–Kier alpha value is -2.70. The van der Waals surface area contributed by atoms with Gasteiger partial charge >= 0.3 is 5.97 Å². The zero-order valence-corrected chi connectivity index (χ0v) is 43.6. The molecule has 0 bridgehead atoms. The van der Waals surface area contributed by atoms with Crippen LogP contribution in [0.4, 0.5) is 0 Å². The van der Waals surface area contributed by atoms with E-state index in [0.717, 1.165) is 83.5 Å². The number of carbonyl (C=O) groups excluding carboxylic acids is 2. The number of ether oxygens (including phenoxy) is 1. The molecule has 6 heteroatoms. The van der Waals surface area contributed by atoms with E-state index in [1.54, 1.807) is 0 Å². The Morgan fingerprint density at radius 3 is 1.20 bits per heavy atom. The summed E-state index contributed by atoms with van der Waals surface area (Å²) in [4.78, 5) is 26.2. The van der Waals surface area contributed by atoms with E-state index in [1.807, 2.05) is 0 Å². The lowest BCUT2D eigenvalue weighted by atomic mass is 10.0. The van der Waals surface area contributed by atoms with Gasteiger partial charge in [0.05, 0.1) is 25.2 Å². The van der Waals surface area contributed by atoms with Crippen LogP contribution in [0.15, 0.2) is 72.9 Å². The Bertz CT molecular complexity index is 1220. The second-order valence-corrected chi connectivity index (χ2v) is 19.0. The third kappa shape index (κ3) is 47.8. The lowest BCUT2D eigenvalue weighted by molar-refractivity contribution is -0.151. The number of amides is 1. The minimum atomic E-state index is -0.804. The molecular formula is C60H107NO5. The summed E-state index contributed by atoms with van der Waals surface area (Å²) in [5, 5.41) is 23.9. The fraction of sp³-hybridized carbons (Fsp3) is 0.767. The molecular weight excluding hydrogens is 815 g/mol. The molecule has 0 saturated heterocycles. The molecule has 0 aromatic rings. The van der Waals surface area contributed by atoms with Crippen molar-refractivity contribution < 1.29 is 24.5 Å². The summed E-state index contributed by atoms with van der Waals surface area (Å²) < 4.78 is 5.92. The van der Waals surface area contributed by atoms with Gasteiger partial charge in [-0.1, -0.05) is 235 Å². The molecule has 3 atom stereocenters. The highest BCUT2D eigenvalue weighted by Crippen LogP contribution is 2.17. The van der Waals surface area contributed by atoms with Gasteiger partial charge in [-0.2, -0.15) is 0 Å². The number of allylic oxidation sites excluding steroid dienone is 12. The van der Waals surface area contributed by atoms with Crippen LogP contribution in [0.3, 0.4) is 0 Å². The predicted octanol–water partition coefficient (Wildman–Crippen LogP) is 17.3. The first-order chi connectivity index (χ1) is 32.5. The summed E-state index contributed by atoms with van der Waals surface area (Å²) in [6.45, 7) is 6.43. The molecule has 3 N–H and O–H groups in total. The number of aliphatic hydroxyl groups is 2. The molecule has 6 nitrogen and oxygen atoms in total. The molecule has 0 aromatic heterocycles. The Labute approximate surface area is 409 Å². The number of aliphatic hydroxyl groups excluding tert-OH is 2. The Kier molecular flexibility index (Phi) is 51.1. The van der Waals surface area contributed by atoms with Gasteiger partial charge in [-0.3, -0.25) is 9.59 Å². The number of rotatable bonds is 50. The SMILES string of the molecule is CCCCC/C=C\C/C=C\C/C=C\C/C=C\CCCC(=O)OC(CCCCCCC/C=C\C/C=C\CCCCC)CC(=O)NC(CO)C(O)CCCCCCCCCCCCCCCCC. The molecule has 0 aliphatic rings. The van der Waals surface area contributed by atoms with Gasteiger partial charge in [0.25, 0.3) is 0 Å². The minimum absolute atomic E-state index is 0.0446. The standard InChI is InChI=1S/C60H107NO5/c1-4-7-10-13-16-19-22-25-28-29-32-35-38-41-44-47-50-53-60(65)66-56(51-48-45-42-39-36-33-30-26-23-20-17-14-11-8-5-2)54-59(64)61-57(55-62)58(63)52-49-46-43-40-37-34-31-27-24-21-18-15-12-9-6-3/h16-17,19-20,25-26,28,30,32,35,41,44,56-58,62-63H,4-15,18,21-24,27,29,31,33-34,36-40,42-43,45-55H2,1-3H3,(H,61,64)/b19-16-,20-17-,28-25-,30-26-,35-32-,44-41-. The van der Waals surface area contributed by atoms with Crippen molar-refractivity contribution in [2.24, 2.45) is 0 Å². The third-order valence-corrected chi connectivity index (χ3v) is 12.5. The molecule has 0 rings (SSSR count). The van der Waals surface area contributed by atoms with Crippen LogP contribution >= 0.6 is 0 Å². The monoisotopic (exact) mass is 922 g/mol. The van der Waals surface area contributed by atoms with E-state index < -0.39 is 18.2 Å². The quantitative estimate of drug-likeness (QED) is 0.0321. The average molecular weight is 923 g/mol. The van der Waals surface area contributed by atoms with Crippen LogP contribution in [0, 0.1) is 0 Å². The smallest absolute Gasteiger partial charge is 0.306 e. The van der Waals surface area contributed by atoms with Crippen LogP contribution in [-0.4, -0.2) is 46.9 Å². The maximum Gasteiger partial charge on any atom is 0.306 e. The maximum absolute atomic E-state index is 13.3. The molecule has 0 heterocycles. The molecule has 0 radical (unpaired) electrons. The number of unbranched alkanes of at least 4 members (excludes halogenated alkanes) is 26. The van der Waals surface area contributed by atoms with Gasteiger partial charge in [0.15, 0.2) is 0 Å². The number of hydrogen-bond donors (Lipinski definition) is 3. The van der Waals surface area contributed by atoms with Crippen molar-refractivity contribution in [3.63, 3.8) is 0 Å². The van der Waals surface area contributed by atoms with Gasteiger partial charge in [-0.05, 0) is 96.3 Å². The molecule has 1 amide bonds. The highest BCUT2D eigenvalue weighted by atomic mass is 16.5. The van der Waals surface area contributed by atoms with Gasteiger partial charge < -0.3 is 20.3 Å². The number of esters is 1. The van der Waals surface area contributed by atoms with E-state index in [9.17, 15) is 19.8 Å². The van der Waals surface area contributed by atoms with E-state index in [4.69, 9.17) is 4.74 Å². The second kappa shape index (κ2) is 53.3. The Morgan fingerprint density at radius 2 is 0.773 bits per heavy atom. The summed E-state index contributed by atoms with van der Waals surface area (Å²) in [5.74, 6) is -0.552. The molecule has 66 heavy (non-hydrogen) atoms. The molecule has 0 aromatic carbocycles. The van der Waals surface area contributed by atoms with Gasteiger partial charge in [0.2, 0.25) is 5.91 Å². The van der Waals surface area contributed by atoms with Crippen LogP contribution in [0.25, 0.3) is 0 Å². The lowest BCUT2D eigenvalue weighted by Crippen LogP contribution is -2.46. The zero-order chi connectivity index (χ0) is 48.1. The molecule has 0 aliphatic carbocycles. The first kappa shape index (κ1) is 63.3. The van der Waals surface area contributed by atoms with Crippen molar-refractivity contribution in [3.8, 4) is 0 Å². The summed E-state index contributed by atoms with van der Waals surface area (Å²) in [6.07, 6.45) is 68.2. The highest BCUT2D eigenvalue weighted by molar-refractivity contribution is 5.77. The van der Waals surface area contributed by atoms with Crippen molar-refractivity contribution in [2.75, 3.05) is 6.61 Å². The van der Waals surface area contributed by atoms with Crippen molar-refractivity contribution in [2.45, 2.75) is 289 Å². The number of hydrogen-bond acceptors (Lipinski definition) is 5. The number of carbonyl (C=O) groups is 2. The van der Waals surface area contributed by atoms with Crippen LogP contribution < -0.4 is 5.32 Å². The fourth-order valence-corrected chi connectivity index (χ4v) is 8.22. The van der Waals surface area contributed by atoms with Crippen molar-refractivity contribution >= 4 is 11.9 Å². The van der Waals surface area contributed by atoms with E-state index in [1.165, 1.54) is 135 Å². The van der Waals surface area contributed by atoms with Crippen molar-refractivity contribution in [1.29, 1.82) is 0 Å². The van der Waals surface area contributed by atoms with Crippen LogP contribution in [0.1, 0.15) is 271 Å². The third-order valence-electron chi connectivity index (χ3n) is 12.5. The van der Waals surface area contributed by atoms with Crippen LogP contribution in [-0.2, 0) is 14.3 Å². The zero-order valence-electron chi connectivity index (χ0n) is 43.6. The minimum Gasteiger partial charge on any atom is -0.462 e. The topological polar surface area (TPSA) is 95.9 Å². The van der Waals surface area contributed by atoms with E-state index in [-0.39, 0.29) is 24.9 Å². The van der Waals surface area contributed by atoms with Crippen LogP contribution in [0.5, 0.6) is 0 Å². The van der Waals surface area contributed by atoms with E-state index in [2.05, 4.69) is 99.0 Å². The summed E-state index contributed by atoms with van der Waals surface area (Å²) in [6, 6.07) is -0.721. The van der Waals surface area contributed by atoms with Crippen LogP contribution in [0.2, 0.25) is 0 Å². The Balaban J connectivity index is 4.67. The van der Waals surface area contributed by atoms with E-state index in [0.29, 0.717) is 25.7 Å². The van der Waals surface area contributed by atoms with E-state index >= 15 is 0 Å². The Morgan fingerprint density at radius 1 is 0.439 bits per heavy atom. The summed E-state index contributed by atoms with van der Waals surface area (Å²) in [7, 11) is 0. The fourth-order valence-electron chi connectivity index (χ4n) is 8.22. The van der Waals surface area contributed by atoms with Gasteiger partial charge in [0, 0.05) is 6.42 Å². The van der Waals surface area contributed by atoms with Gasteiger partial charge in [0.1, 0.15) is 6.10 Å². The lowest BCUT2D eigenvalue weighted by Gasteiger charge is -2.24. The summed E-state index contributed by atoms with van der Waals surface area (Å²) >= 11 is 0. The van der Waals surface area contributed by atoms with Gasteiger partial charge in [-0.25, -0.2) is 0 Å². The molecule has 0 spiro atoms. The summed E-state index contributed by atoms with van der Waals surface area (Å²) in [5.41, 5.74) is 0. The first-order valence-electron chi connectivity index (χ1n) is 28.2. The first-order valence-corrected chi connectivity index (χ1v) is 28.2. The van der Waals surface area contributed by atoms with Crippen molar-refractivity contribution in [1.82, 2.24) is 5.32 Å². The molecule has 0 fully saturated rings. The maximum atomic E-state index is 13.3. The number of nitrogens with one attached hydrogen (secondary N) is 1. The van der Waals surface area contributed by atoms with Crippen molar-refractivity contribution in [3.05, 3.63) is 72.9 Å². The molecule has 382 valence electrons. The second-order valence-electron chi connectivity index (χ2n) is 19.0. The highest BCUT2D eigenvalue weighted by Gasteiger charge is 2.24. The molecule has 3 unspecified atom stereocenters. The largest absolute Gasteiger partial charge is 0.462 e. The predicted molar refractivity (Wildman–Crippen MR) is 287 cm³/mol. The molecule has 0 aliphatic heterocycles. The van der Waals surface area contributed by atoms with Gasteiger partial charge in [-0.15, -0.1) is 0 Å². The molecule has 0 saturated carbocycles. The average Bonchev–Trinajstić information content (AvgIpc) is 3.31. The normalized spacial score (nSPS) is 13.7.